The van der Waals surface area contributed by atoms with Crippen LogP contribution in [0.1, 0.15) is 49.2 Å². The molecular formula is C27H37N3O3. The smallest absolute Gasteiger partial charge is 0.242 e. The zero-order valence-electron chi connectivity index (χ0n) is 19.9. The van der Waals surface area contributed by atoms with Crippen LogP contribution in [0.2, 0.25) is 0 Å². The monoisotopic (exact) mass is 451 g/mol. The van der Waals surface area contributed by atoms with Gasteiger partial charge in [0.05, 0.1) is 13.1 Å². The lowest BCUT2D eigenvalue weighted by molar-refractivity contribution is -0.145. The Hall–Kier alpha value is -2.60. The Bertz CT molecular complexity index is 900. The SMILES string of the molecule is Cc1ccc(CN(CCc2ccccc2)C(=O)CN(CCN2CCCC2)C(=O)C2CCC2)o1. The molecule has 2 fully saturated rings. The van der Waals surface area contributed by atoms with Crippen molar-refractivity contribution in [1.82, 2.24) is 14.7 Å². The Labute approximate surface area is 197 Å². The summed E-state index contributed by atoms with van der Waals surface area (Å²) in [5.41, 5.74) is 1.20. The van der Waals surface area contributed by atoms with Crippen LogP contribution in [0.4, 0.5) is 0 Å². The predicted octanol–water partition coefficient (Wildman–Crippen LogP) is 3.88. The lowest BCUT2D eigenvalue weighted by Crippen LogP contribution is -2.48. The van der Waals surface area contributed by atoms with Crippen molar-refractivity contribution >= 4 is 11.8 Å². The summed E-state index contributed by atoms with van der Waals surface area (Å²) in [6.07, 6.45) is 6.26. The van der Waals surface area contributed by atoms with Crippen LogP contribution in [0.3, 0.4) is 0 Å². The Morgan fingerprint density at radius 2 is 1.73 bits per heavy atom. The molecule has 1 aliphatic carbocycles. The van der Waals surface area contributed by atoms with E-state index in [-0.39, 0.29) is 24.3 Å². The lowest BCUT2D eigenvalue weighted by Gasteiger charge is -2.33. The van der Waals surface area contributed by atoms with Gasteiger partial charge in [0.15, 0.2) is 0 Å². The largest absolute Gasteiger partial charge is 0.464 e. The summed E-state index contributed by atoms with van der Waals surface area (Å²) in [6.45, 7) is 6.77. The van der Waals surface area contributed by atoms with Crippen LogP contribution in [-0.4, -0.2) is 65.8 Å². The molecule has 2 aromatic rings. The number of carbonyl (C=O) groups excluding carboxylic acids is 2. The molecule has 0 bridgehead atoms. The quantitative estimate of drug-likeness (QED) is 0.520. The van der Waals surface area contributed by atoms with E-state index in [0.717, 1.165) is 56.8 Å². The number of carbonyl (C=O) groups is 2. The number of hydrogen-bond acceptors (Lipinski definition) is 4. The molecule has 33 heavy (non-hydrogen) atoms. The van der Waals surface area contributed by atoms with Gasteiger partial charge >= 0.3 is 0 Å². The number of furan rings is 1. The molecule has 0 unspecified atom stereocenters. The van der Waals surface area contributed by atoms with Crippen molar-refractivity contribution in [2.24, 2.45) is 5.92 Å². The summed E-state index contributed by atoms with van der Waals surface area (Å²) in [5, 5.41) is 0. The molecule has 1 aromatic carbocycles. The van der Waals surface area contributed by atoms with E-state index < -0.39 is 0 Å². The Morgan fingerprint density at radius 1 is 0.970 bits per heavy atom. The van der Waals surface area contributed by atoms with Gasteiger partial charge in [-0.15, -0.1) is 0 Å². The molecule has 0 spiro atoms. The highest BCUT2D eigenvalue weighted by atomic mass is 16.3. The van der Waals surface area contributed by atoms with Crippen LogP contribution < -0.4 is 0 Å². The van der Waals surface area contributed by atoms with E-state index >= 15 is 0 Å². The van der Waals surface area contributed by atoms with Crippen LogP contribution in [-0.2, 0) is 22.6 Å². The van der Waals surface area contributed by atoms with Crippen LogP contribution in [0.5, 0.6) is 0 Å². The van der Waals surface area contributed by atoms with Crippen LogP contribution in [0.25, 0.3) is 0 Å². The topological polar surface area (TPSA) is 57.0 Å². The standard InChI is InChI=1S/C27H37N3O3/c1-22-12-13-25(33-22)20-29(17-14-23-8-3-2-4-9-23)26(31)21-30(27(32)24-10-7-11-24)19-18-28-15-5-6-16-28/h2-4,8-9,12-13,24H,5-7,10-11,14-21H2,1H3. The Balaban J connectivity index is 1.42. The third-order valence-electron chi connectivity index (χ3n) is 6.99. The second kappa shape index (κ2) is 11.5. The first kappa shape index (κ1) is 23.6. The number of benzene rings is 1. The lowest BCUT2D eigenvalue weighted by atomic mass is 9.84. The average molecular weight is 452 g/mol. The molecule has 2 amide bonds. The molecule has 1 saturated carbocycles. The fourth-order valence-electron chi connectivity index (χ4n) is 4.67. The molecule has 0 N–H and O–H groups in total. The van der Waals surface area contributed by atoms with Gasteiger partial charge in [-0.3, -0.25) is 9.59 Å². The summed E-state index contributed by atoms with van der Waals surface area (Å²) in [5.74, 6) is 1.87. The van der Waals surface area contributed by atoms with Crippen LogP contribution in [0.15, 0.2) is 46.9 Å². The second-order valence-corrected chi connectivity index (χ2v) is 9.50. The second-order valence-electron chi connectivity index (χ2n) is 9.50. The summed E-state index contributed by atoms with van der Waals surface area (Å²) >= 11 is 0. The van der Waals surface area contributed by atoms with Gasteiger partial charge < -0.3 is 19.1 Å². The van der Waals surface area contributed by atoms with Gasteiger partial charge in [0.1, 0.15) is 11.5 Å². The van der Waals surface area contributed by atoms with E-state index in [9.17, 15) is 9.59 Å². The number of hydrogen-bond donors (Lipinski definition) is 0. The first-order chi connectivity index (χ1) is 16.1. The van der Waals surface area contributed by atoms with Crippen molar-refractivity contribution in [2.45, 2.75) is 52.0 Å². The average Bonchev–Trinajstić information content (AvgIpc) is 3.45. The highest BCUT2D eigenvalue weighted by Gasteiger charge is 2.31. The van der Waals surface area contributed by atoms with Gasteiger partial charge in [0.2, 0.25) is 11.8 Å². The molecule has 1 aliphatic heterocycles. The number of aryl methyl sites for hydroxylation is 1. The van der Waals surface area contributed by atoms with Gasteiger partial charge in [0, 0.05) is 25.6 Å². The third-order valence-corrected chi connectivity index (χ3v) is 6.99. The summed E-state index contributed by atoms with van der Waals surface area (Å²) in [4.78, 5) is 32.7. The zero-order valence-corrected chi connectivity index (χ0v) is 19.9. The van der Waals surface area contributed by atoms with Gasteiger partial charge in [-0.25, -0.2) is 0 Å². The predicted molar refractivity (Wildman–Crippen MR) is 129 cm³/mol. The fraction of sp³-hybridized carbons (Fsp3) is 0.556. The zero-order chi connectivity index (χ0) is 23.0. The Kier molecular flexibility index (Phi) is 8.21. The first-order valence-electron chi connectivity index (χ1n) is 12.5. The molecule has 4 rings (SSSR count). The highest BCUT2D eigenvalue weighted by molar-refractivity contribution is 5.86. The molecule has 1 saturated heterocycles. The van der Waals surface area contributed by atoms with Crippen molar-refractivity contribution in [3.63, 3.8) is 0 Å². The van der Waals surface area contributed by atoms with E-state index in [1.807, 2.05) is 47.1 Å². The van der Waals surface area contributed by atoms with Crippen molar-refractivity contribution < 1.29 is 14.0 Å². The molecule has 1 aromatic heterocycles. The molecule has 0 atom stereocenters. The molecular weight excluding hydrogens is 414 g/mol. The van der Waals surface area contributed by atoms with Gasteiger partial charge in [-0.05, 0) is 69.8 Å². The molecule has 6 heteroatoms. The van der Waals surface area contributed by atoms with Gasteiger partial charge in [-0.1, -0.05) is 36.8 Å². The van der Waals surface area contributed by atoms with Gasteiger partial charge in [0.25, 0.3) is 0 Å². The van der Waals surface area contributed by atoms with E-state index in [2.05, 4.69) is 17.0 Å². The van der Waals surface area contributed by atoms with Crippen molar-refractivity contribution in [2.75, 3.05) is 39.3 Å². The number of amides is 2. The van der Waals surface area contributed by atoms with Crippen LogP contribution >= 0.6 is 0 Å². The molecule has 178 valence electrons. The summed E-state index contributed by atoms with van der Waals surface area (Å²) in [6, 6.07) is 14.1. The molecule has 6 nitrogen and oxygen atoms in total. The summed E-state index contributed by atoms with van der Waals surface area (Å²) < 4.78 is 5.77. The maximum atomic E-state index is 13.5. The number of nitrogens with zero attached hydrogens (tertiary/aromatic N) is 3. The highest BCUT2D eigenvalue weighted by Crippen LogP contribution is 2.28. The first-order valence-corrected chi connectivity index (χ1v) is 12.5. The number of likely N-dealkylation sites (tertiary alicyclic amines) is 1. The van der Waals surface area contributed by atoms with Crippen molar-refractivity contribution in [3.8, 4) is 0 Å². The maximum Gasteiger partial charge on any atom is 0.242 e. The van der Waals surface area contributed by atoms with E-state index in [0.29, 0.717) is 19.6 Å². The maximum absolute atomic E-state index is 13.5. The normalized spacial score (nSPS) is 16.5. The number of rotatable bonds is 11. The molecule has 2 heterocycles. The van der Waals surface area contributed by atoms with Crippen molar-refractivity contribution in [3.05, 3.63) is 59.5 Å². The molecule has 0 radical (unpaired) electrons. The minimum absolute atomic E-state index is 0.00548. The van der Waals surface area contributed by atoms with E-state index in [4.69, 9.17) is 4.42 Å². The van der Waals surface area contributed by atoms with Crippen molar-refractivity contribution in [1.29, 1.82) is 0 Å². The summed E-state index contributed by atoms with van der Waals surface area (Å²) in [7, 11) is 0. The molecule has 2 aliphatic rings. The van der Waals surface area contributed by atoms with E-state index in [1.165, 1.54) is 18.4 Å². The minimum Gasteiger partial charge on any atom is -0.464 e. The minimum atomic E-state index is -0.00548. The van der Waals surface area contributed by atoms with Gasteiger partial charge in [-0.2, -0.15) is 0 Å². The third kappa shape index (κ3) is 6.70. The fourth-order valence-corrected chi connectivity index (χ4v) is 4.67. The van der Waals surface area contributed by atoms with E-state index in [1.54, 1.807) is 0 Å². The Morgan fingerprint density at radius 3 is 2.36 bits per heavy atom. The van der Waals surface area contributed by atoms with Crippen LogP contribution in [0, 0.1) is 12.8 Å².